The summed E-state index contributed by atoms with van der Waals surface area (Å²) < 4.78 is 31.7. The maximum Gasteiger partial charge on any atom is 0.247 e. The second kappa shape index (κ2) is 7.29. The first-order valence-corrected chi connectivity index (χ1v) is 7.75. The summed E-state index contributed by atoms with van der Waals surface area (Å²) in [5.41, 5.74) is 6.29. The molecule has 0 saturated heterocycles. The molecule has 0 radical (unpaired) electrons. The highest BCUT2D eigenvalue weighted by molar-refractivity contribution is 7.89. The number of ether oxygens (including phenoxy) is 1. The standard InChI is InChI=1S/C14H20N2O3S/c1-4-8-16(9-5-2)20(17,18)14-10-12(11-15)6-7-13(14)19-3/h1,6-7,10H,5,8-9,11,15H2,2-3H3. The van der Waals surface area contributed by atoms with Crippen molar-refractivity contribution in [2.45, 2.75) is 24.8 Å². The maximum absolute atomic E-state index is 12.7. The predicted octanol–water partition coefficient (Wildman–Crippen LogP) is 1.19. The summed E-state index contributed by atoms with van der Waals surface area (Å²) in [7, 11) is -2.26. The van der Waals surface area contributed by atoms with E-state index in [2.05, 4.69) is 5.92 Å². The zero-order valence-electron chi connectivity index (χ0n) is 11.8. The van der Waals surface area contributed by atoms with Crippen LogP contribution in [0, 0.1) is 12.3 Å². The first kappa shape index (κ1) is 16.5. The van der Waals surface area contributed by atoms with Crippen molar-refractivity contribution in [1.82, 2.24) is 4.31 Å². The molecule has 6 heteroatoms. The van der Waals surface area contributed by atoms with Crippen LogP contribution in [-0.4, -0.2) is 32.9 Å². The van der Waals surface area contributed by atoms with Crippen LogP contribution in [0.25, 0.3) is 0 Å². The zero-order chi connectivity index (χ0) is 15.2. The second-order valence-electron chi connectivity index (χ2n) is 4.23. The van der Waals surface area contributed by atoms with E-state index in [1.807, 2.05) is 6.92 Å². The molecule has 1 aromatic carbocycles. The lowest BCUT2D eigenvalue weighted by molar-refractivity contribution is 0.395. The molecule has 20 heavy (non-hydrogen) atoms. The summed E-state index contributed by atoms with van der Waals surface area (Å²) in [5.74, 6) is 2.67. The average Bonchev–Trinajstić information content (AvgIpc) is 2.46. The quantitative estimate of drug-likeness (QED) is 0.767. The molecule has 0 heterocycles. The first-order chi connectivity index (χ1) is 9.51. The van der Waals surface area contributed by atoms with Crippen molar-refractivity contribution >= 4 is 10.0 Å². The van der Waals surface area contributed by atoms with Crippen molar-refractivity contribution in [1.29, 1.82) is 0 Å². The lowest BCUT2D eigenvalue weighted by atomic mass is 10.2. The van der Waals surface area contributed by atoms with Crippen molar-refractivity contribution in [2.24, 2.45) is 5.73 Å². The second-order valence-corrected chi connectivity index (χ2v) is 6.14. The van der Waals surface area contributed by atoms with E-state index in [1.54, 1.807) is 12.1 Å². The molecular formula is C14H20N2O3S. The molecule has 0 aliphatic rings. The summed E-state index contributed by atoms with van der Waals surface area (Å²) in [6, 6.07) is 4.88. The van der Waals surface area contributed by atoms with Gasteiger partial charge >= 0.3 is 0 Å². The van der Waals surface area contributed by atoms with Crippen LogP contribution in [0.15, 0.2) is 23.1 Å². The van der Waals surface area contributed by atoms with E-state index >= 15 is 0 Å². The predicted molar refractivity (Wildman–Crippen MR) is 78.8 cm³/mol. The minimum absolute atomic E-state index is 0.0339. The molecule has 0 spiro atoms. The molecule has 0 unspecified atom stereocenters. The van der Waals surface area contributed by atoms with Crippen molar-refractivity contribution < 1.29 is 13.2 Å². The Morgan fingerprint density at radius 2 is 2.15 bits per heavy atom. The Hall–Kier alpha value is -1.55. The molecule has 0 saturated carbocycles. The number of terminal acetylenes is 1. The summed E-state index contributed by atoms with van der Waals surface area (Å²) in [5, 5.41) is 0. The van der Waals surface area contributed by atoms with Crippen LogP contribution in [-0.2, 0) is 16.6 Å². The van der Waals surface area contributed by atoms with Gasteiger partial charge in [0.05, 0.1) is 13.7 Å². The molecule has 110 valence electrons. The molecule has 0 fully saturated rings. The number of rotatable bonds is 7. The third-order valence-corrected chi connectivity index (χ3v) is 4.69. The number of sulfonamides is 1. The minimum Gasteiger partial charge on any atom is -0.495 e. The highest BCUT2D eigenvalue weighted by Gasteiger charge is 2.26. The van der Waals surface area contributed by atoms with E-state index < -0.39 is 10.0 Å². The molecule has 0 amide bonds. The zero-order valence-corrected chi connectivity index (χ0v) is 12.6. The summed E-state index contributed by atoms with van der Waals surface area (Å²) >= 11 is 0. The van der Waals surface area contributed by atoms with Crippen LogP contribution in [0.2, 0.25) is 0 Å². The average molecular weight is 296 g/mol. The van der Waals surface area contributed by atoms with Gasteiger partial charge in [-0.25, -0.2) is 8.42 Å². The number of hydrogen-bond acceptors (Lipinski definition) is 4. The van der Waals surface area contributed by atoms with Gasteiger partial charge < -0.3 is 10.5 Å². The minimum atomic E-state index is -3.69. The number of nitrogens with two attached hydrogens (primary N) is 1. The van der Waals surface area contributed by atoms with Crippen LogP contribution in [0.5, 0.6) is 5.75 Å². The van der Waals surface area contributed by atoms with Gasteiger partial charge in [0.25, 0.3) is 0 Å². The topological polar surface area (TPSA) is 72.6 Å². The molecule has 5 nitrogen and oxygen atoms in total. The van der Waals surface area contributed by atoms with E-state index in [-0.39, 0.29) is 18.0 Å². The maximum atomic E-state index is 12.7. The van der Waals surface area contributed by atoms with Gasteiger partial charge in [-0.05, 0) is 24.1 Å². The van der Waals surface area contributed by atoms with E-state index in [1.165, 1.54) is 17.5 Å². The van der Waals surface area contributed by atoms with Crippen LogP contribution >= 0.6 is 0 Å². The van der Waals surface area contributed by atoms with E-state index in [9.17, 15) is 8.42 Å². The van der Waals surface area contributed by atoms with Gasteiger partial charge in [-0.2, -0.15) is 4.31 Å². The van der Waals surface area contributed by atoms with Gasteiger partial charge in [0, 0.05) is 13.1 Å². The van der Waals surface area contributed by atoms with Gasteiger partial charge in [-0.1, -0.05) is 18.9 Å². The number of nitrogens with zero attached hydrogens (tertiary/aromatic N) is 1. The van der Waals surface area contributed by atoms with Crippen LogP contribution in [0.1, 0.15) is 18.9 Å². The molecule has 0 aliphatic heterocycles. The molecule has 0 bridgehead atoms. The number of hydrogen-bond donors (Lipinski definition) is 1. The Morgan fingerprint density at radius 1 is 1.45 bits per heavy atom. The van der Waals surface area contributed by atoms with Crippen molar-refractivity contribution in [3.05, 3.63) is 23.8 Å². The Labute approximate surface area is 120 Å². The normalized spacial score (nSPS) is 11.3. The Balaban J connectivity index is 3.35. The van der Waals surface area contributed by atoms with Crippen molar-refractivity contribution in [2.75, 3.05) is 20.2 Å². The van der Waals surface area contributed by atoms with E-state index in [0.717, 1.165) is 5.56 Å². The Kier molecular flexibility index (Phi) is 6.02. The summed E-state index contributed by atoms with van der Waals surface area (Å²) in [4.78, 5) is 0.103. The lowest BCUT2D eigenvalue weighted by Crippen LogP contribution is -2.32. The van der Waals surface area contributed by atoms with Gasteiger partial charge in [0.15, 0.2) is 0 Å². The van der Waals surface area contributed by atoms with Gasteiger partial charge in [0.1, 0.15) is 10.6 Å². The molecule has 0 atom stereocenters. The lowest BCUT2D eigenvalue weighted by Gasteiger charge is -2.21. The molecule has 0 aliphatic carbocycles. The third kappa shape index (κ3) is 3.51. The van der Waals surface area contributed by atoms with Crippen LogP contribution in [0.3, 0.4) is 0 Å². The SMILES string of the molecule is C#CCN(CCC)S(=O)(=O)c1cc(CN)ccc1OC. The monoisotopic (exact) mass is 296 g/mol. The van der Waals surface area contributed by atoms with E-state index in [0.29, 0.717) is 18.7 Å². The fraction of sp³-hybridized carbons (Fsp3) is 0.429. The van der Waals surface area contributed by atoms with Gasteiger partial charge in [-0.15, -0.1) is 6.42 Å². The third-order valence-electron chi connectivity index (χ3n) is 2.82. The van der Waals surface area contributed by atoms with Gasteiger partial charge in [-0.3, -0.25) is 0 Å². The number of methoxy groups -OCH3 is 1. The fourth-order valence-corrected chi connectivity index (χ4v) is 3.48. The molecule has 1 aromatic rings. The highest BCUT2D eigenvalue weighted by atomic mass is 32.2. The number of benzene rings is 1. The summed E-state index contributed by atoms with van der Waals surface area (Å²) in [6.45, 7) is 2.55. The fourth-order valence-electron chi connectivity index (χ4n) is 1.82. The molecular weight excluding hydrogens is 276 g/mol. The first-order valence-electron chi connectivity index (χ1n) is 6.31. The van der Waals surface area contributed by atoms with Crippen molar-refractivity contribution in [3.8, 4) is 18.1 Å². The Bertz CT molecular complexity index is 591. The van der Waals surface area contributed by atoms with E-state index in [4.69, 9.17) is 16.9 Å². The molecule has 2 N–H and O–H groups in total. The smallest absolute Gasteiger partial charge is 0.247 e. The Morgan fingerprint density at radius 3 is 2.65 bits per heavy atom. The largest absolute Gasteiger partial charge is 0.495 e. The van der Waals surface area contributed by atoms with Crippen molar-refractivity contribution in [3.63, 3.8) is 0 Å². The highest BCUT2D eigenvalue weighted by Crippen LogP contribution is 2.27. The van der Waals surface area contributed by atoms with Crippen LogP contribution < -0.4 is 10.5 Å². The van der Waals surface area contributed by atoms with Gasteiger partial charge in [0.2, 0.25) is 10.0 Å². The summed E-state index contributed by atoms with van der Waals surface area (Å²) in [6.07, 6.45) is 5.93. The molecule has 0 aromatic heterocycles. The van der Waals surface area contributed by atoms with Crippen LogP contribution in [0.4, 0.5) is 0 Å². The molecule has 1 rings (SSSR count).